The van der Waals surface area contributed by atoms with Crippen molar-refractivity contribution in [2.75, 3.05) is 26.2 Å². The number of nitrogens with one attached hydrogen (secondary N) is 1. The number of hydrogen-bond donors (Lipinski definition) is 2. The number of aliphatic carboxylic acids is 1. The van der Waals surface area contributed by atoms with E-state index in [1.807, 2.05) is 0 Å². The van der Waals surface area contributed by atoms with Crippen LogP contribution in [0.4, 0.5) is 0 Å². The fourth-order valence-electron chi connectivity index (χ4n) is 1.35. The van der Waals surface area contributed by atoms with Crippen LogP contribution in [0.2, 0.25) is 0 Å². The van der Waals surface area contributed by atoms with Gasteiger partial charge in [0.25, 0.3) is 0 Å². The van der Waals surface area contributed by atoms with Crippen molar-refractivity contribution in [3.8, 4) is 0 Å². The molecule has 13 heavy (non-hydrogen) atoms. The molecule has 5 heteroatoms. The molecule has 1 saturated heterocycles. The maximum absolute atomic E-state index is 11.3. The Bertz CT molecular complexity index is 200. The van der Waals surface area contributed by atoms with E-state index in [0.29, 0.717) is 0 Å². The smallest absolute Gasteiger partial charge is 0.317 e. The first kappa shape index (κ1) is 9.98. The Labute approximate surface area is 76.7 Å². The minimum Gasteiger partial charge on any atom is -0.480 e. The molecular formula is C8H14N2O3. The fraction of sp³-hybridized carbons (Fsp3) is 0.750. The van der Waals surface area contributed by atoms with Gasteiger partial charge in [-0.2, -0.15) is 0 Å². The first-order valence-electron chi connectivity index (χ1n) is 4.40. The van der Waals surface area contributed by atoms with Crippen LogP contribution in [0.25, 0.3) is 0 Å². The van der Waals surface area contributed by atoms with Crippen LogP contribution >= 0.6 is 0 Å². The second kappa shape index (κ2) is 4.81. The van der Waals surface area contributed by atoms with Gasteiger partial charge in [-0.25, -0.2) is 0 Å². The van der Waals surface area contributed by atoms with E-state index in [1.165, 1.54) is 0 Å². The minimum absolute atomic E-state index is 0.00116. The SMILES string of the molecule is O=C(O)CNCC(=O)N1CCCC1. The number of nitrogens with zero attached hydrogens (tertiary/aromatic N) is 1. The lowest BCUT2D eigenvalue weighted by atomic mass is 10.4. The first-order chi connectivity index (χ1) is 6.20. The largest absolute Gasteiger partial charge is 0.480 e. The molecule has 0 aromatic rings. The lowest BCUT2D eigenvalue weighted by Gasteiger charge is -2.14. The van der Waals surface area contributed by atoms with Crippen LogP contribution in [0, 0.1) is 0 Å². The Balaban J connectivity index is 2.13. The third-order valence-electron chi connectivity index (χ3n) is 2.01. The highest BCUT2D eigenvalue weighted by molar-refractivity contribution is 5.79. The standard InChI is InChI=1S/C8H14N2O3/c11-7(5-9-6-8(12)13)10-3-1-2-4-10/h9H,1-6H2,(H,12,13). The van der Waals surface area contributed by atoms with Crippen LogP contribution < -0.4 is 5.32 Å². The molecule has 0 aliphatic carbocycles. The molecule has 5 nitrogen and oxygen atoms in total. The topological polar surface area (TPSA) is 69.6 Å². The van der Waals surface area contributed by atoms with E-state index in [1.54, 1.807) is 4.90 Å². The van der Waals surface area contributed by atoms with Gasteiger partial charge < -0.3 is 10.0 Å². The van der Waals surface area contributed by atoms with Gasteiger partial charge in [-0.3, -0.25) is 14.9 Å². The van der Waals surface area contributed by atoms with Crippen molar-refractivity contribution in [3.63, 3.8) is 0 Å². The molecule has 1 fully saturated rings. The van der Waals surface area contributed by atoms with E-state index < -0.39 is 5.97 Å². The third-order valence-corrected chi connectivity index (χ3v) is 2.01. The highest BCUT2D eigenvalue weighted by Crippen LogP contribution is 2.06. The fourth-order valence-corrected chi connectivity index (χ4v) is 1.35. The lowest BCUT2D eigenvalue weighted by Crippen LogP contribution is -2.37. The van der Waals surface area contributed by atoms with E-state index in [-0.39, 0.29) is 19.0 Å². The second-order valence-corrected chi connectivity index (χ2v) is 3.09. The summed E-state index contributed by atoms with van der Waals surface area (Å²) in [6.45, 7) is 1.60. The molecule has 0 atom stereocenters. The summed E-state index contributed by atoms with van der Waals surface area (Å²) in [6, 6.07) is 0. The Morgan fingerprint density at radius 3 is 2.38 bits per heavy atom. The summed E-state index contributed by atoms with van der Waals surface area (Å²) < 4.78 is 0. The van der Waals surface area contributed by atoms with E-state index in [4.69, 9.17) is 5.11 Å². The predicted molar refractivity (Wildman–Crippen MR) is 46.3 cm³/mol. The van der Waals surface area contributed by atoms with Crippen molar-refractivity contribution < 1.29 is 14.7 Å². The number of amides is 1. The van der Waals surface area contributed by atoms with Crippen molar-refractivity contribution in [2.24, 2.45) is 0 Å². The number of carbonyl (C=O) groups is 2. The molecule has 0 spiro atoms. The maximum atomic E-state index is 11.3. The molecule has 0 radical (unpaired) electrons. The van der Waals surface area contributed by atoms with Crippen LogP contribution in [-0.2, 0) is 9.59 Å². The summed E-state index contributed by atoms with van der Waals surface area (Å²) in [4.78, 5) is 23.2. The average Bonchev–Trinajstić information content (AvgIpc) is 2.55. The highest BCUT2D eigenvalue weighted by atomic mass is 16.4. The molecule has 0 aromatic carbocycles. The molecule has 1 amide bonds. The number of carboxylic acids is 1. The molecule has 1 aliphatic rings. The third kappa shape index (κ3) is 3.42. The summed E-state index contributed by atoms with van der Waals surface area (Å²) in [7, 11) is 0. The Morgan fingerprint density at radius 1 is 1.23 bits per heavy atom. The van der Waals surface area contributed by atoms with Crippen LogP contribution in [0.1, 0.15) is 12.8 Å². The summed E-state index contributed by atoms with van der Waals surface area (Å²) in [5, 5.41) is 10.9. The molecular weight excluding hydrogens is 172 g/mol. The molecule has 0 unspecified atom stereocenters. The van der Waals surface area contributed by atoms with Gasteiger partial charge in [-0.15, -0.1) is 0 Å². The van der Waals surface area contributed by atoms with Gasteiger partial charge in [0.05, 0.1) is 13.1 Å². The zero-order valence-electron chi connectivity index (χ0n) is 7.45. The van der Waals surface area contributed by atoms with Crippen LogP contribution in [0.15, 0.2) is 0 Å². The van der Waals surface area contributed by atoms with Gasteiger partial charge in [-0.05, 0) is 12.8 Å². The Kier molecular flexibility index (Phi) is 3.70. The zero-order valence-corrected chi connectivity index (χ0v) is 7.45. The molecule has 2 N–H and O–H groups in total. The molecule has 74 valence electrons. The van der Waals surface area contributed by atoms with Gasteiger partial charge in [0.15, 0.2) is 0 Å². The van der Waals surface area contributed by atoms with Crippen molar-refractivity contribution in [2.45, 2.75) is 12.8 Å². The minimum atomic E-state index is -0.936. The number of likely N-dealkylation sites (tertiary alicyclic amines) is 1. The summed E-state index contributed by atoms with van der Waals surface area (Å²) in [6.07, 6.45) is 2.12. The molecule has 0 aromatic heterocycles. The number of carboxylic acid groups (broad SMARTS) is 1. The Hall–Kier alpha value is -1.10. The van der Waals surface area contributed by atoms with E-state index in [0.717, 1.165) is 25.9 Å². The first-order valence-corrected chi connectivity index (χ1v) is 4.40. The molecule has 0 bridgehead atoms. The van der Waals surface area contributed by atoms with Crippen LogP contribution in [0.3, 0.4) is 0 Å². The average molecular weight is 186 g/mol. The van der Waals surface area contributed by atoms with E-state index in [2.05, 4.69) is 5.32 Å². The van der Waals surface area contributed by atoms with Crippen LogP contribution in [0.5, 0.6) is 0 Å². The maximum Gasteiger partial charge on any atom is 0.317 e. The monoisotopic (exact) mass is 186 g/mol. The summed E-state index contributed by atoms with van der Waals surface area (Å²) in [5.41, 5.74) is 0. The molecule has 0 saturated carbocycles. The summed E-state index contributed by atoms with van der Waals surface area (Å²) in [5.74, 6) is -0.937. The van der Waals surface area contributed by atoms with Gasteiger partial charge in [0.2, 0.25) is 5.91 Å². The zero-order chi connectivity index (χ0) is 9.68. The highest BCUT2D eigenvalue weighted by Gasteiger charge is 2.16. The van der Waals surface area contributed by atoms with Gasteiger partial charge in [0, 0.05) is 13.1 Å². The molecule has 1 aliphatic heterocycles. The van der Waals surface area contributed by atoms with Crippen LogP contribution in [-0.4, -0.2) is 48.1 Å². The van der Waals surface area contributed by atoms with Crippen molar-refractivity contribution in [1.82, 2.24) is 10.2 Å². The van der Waals surface area contributed by atoms with Gasteiger partial charge >= 0.3 is 5.97 Å². The number of rotatable bonds is 4. The summed E-state index contributed by atoms with van der Waals surface area (Å²) >= 11 is 0. The predicted octanol–water partition coefficient (Wildman–Crippen LogP) is -0.717. The number of hydrogen-bond acceptors (Lipinski definition) is 3. The van der Waals surface area contributed by atoms with Crippen molar-refractivity contribution in [3.05, 3.63) is 0 Å². The molecule has 1 rings (SSSR count). The van der Waals surface area contributed by atoms with Crippen molar-refractivity contribution >= 4 is 11.9 Å². The van der Waals surface area contributed by atoms with Gasteiger partial charge in [-0.1, -0.05) is 0 Å². The normalized spacial score (nSPS) is 16.2. The van der Waals surface area contributed by atoms with Crippen molar-refractivity contribution in [1.29, 1.82) is 0 Å². The Morgan fingerprint density at radius 2 is 1.85 bits per heavy atom. The lowest BCUT2D eigenvalue weighted by molar-refractivity contribution is -0.136. The van der Waals surface area contributed by atoms with E-state index >= 15 is 0 Å². The second-order valence-electron chi connectivity index (χ2n) is 3.09. The quantitative estimate of drug-likeness (QED) is 0.608. The molecule has 1 heterocycles. The number of carbonyl (C=O) groups excluding carboxylic acids is 1. The van der Waals surface area contributed by atoms with E-state index in [9.17, 15) is 9.59 Å². The van der Waals surface area contributed by atoms with Gasteiger partial charge in [0.1, 0.15) is 0 Å².